The zero-order chi connectivity index (χ0) is 35.7. The highest BCUT2D eigenvalue weighted by molar-refractivity contribution is 7.92. The van der Waals surface area contributed by atoms with Crippen LogP contribution in [0.15, 0.2) is 102 Å². The lowest BCUT2D eigenvalue weighted by molar-refractivity contribution is -0.140. The van der Waals surface area contributed by atoms with Crippen LogP contribution in [0.3, 0.4) is 0 Å². The first-order valence-corrected chi connectivity index (χ1v) is 19.2. The number of benzene rings is 4. The lowest BCUT2D eigenvalue weighted by Crippen LogP contribution is -2.55. The molecule has 1 atom stereocenters. The fourth-order valence-electron chi connectivity index (χ4n) is 6.09. The molecule has 1 fully saturated rings. The molecular formula is C38H40Cl3N3O5S. The minimum atomic E-state index is -4.31. The van der Waals surface area contributed by atoms with Gasteiger partial charge in [0.15, 0.2) is 0 Å². The number of sulfonamides is 1. The number of anilines is 1. The highest BCUT2D eigenvalue weighted by Gasteiger charge is 2.36. The monoisotopic (exact) mass is 755 g/mol. The molecule has 0 unspecified atom stereocenters. The number of hydrogen-bond acceptors (Lipinski definition) is 5. The molecule has 5 rings (SSSR count). The fraction of sp³-hybridized carbons (Fsp3) is 0.316. The van der Waals surface area contributed by atoms with E-state index < -0.39 is 28.5 Å². The van der Waals surface area contributed by atoms with Gasteiger partial charge in [0.05, 0.1) is 17.2 Å². The number of halogens is 3. The molecule has 2 amide bonds. The summed E-state index contributed by atoms with van der Waals surface area (Å²) in [6.45, 7) is 1.52. The predicted molar refractivity (Wildman–Crippen MR) is 200 cm³/mol. The van der Waals surface area contributed by atoms with E-state index in [4.69, 9.17) is 39.5 Å². The number of rotatable bonds is 14. The van der Waals surface area contributed by atoms with E-state index in [2.05, 4.69) is 5.32 Å². The van der Waals surface area contributed by atoms with Crippen LogP contribution in [0.2, 0.25) is 15.1 Å². The molecule has 0 heterocycles. The Hall–Kier alpha value is -3.76. The third-order valence-corrected chi connectivity index (χ3v) is 11.5. The Morgan fingerprint density at radius 2 is 1.48 bits per heavy atom. The van der Waals surface area contributed by atoms with Crippen LogP contribution in [0.1, 0.15) is 50.2 Å². The van der Waals surface area contributed by atoms with Gasteiger partial charge >= 0.3 is 0 Å². The number of amides is 2. The normalized spacial score (nSPS) is 14.1. The average molecular weight is 757 g/mol. The van der Waals surface area contributed by atoms with Crippen molar-refractivity contribution < 1.29 is 22.7 Å². The van der Waals surface area contributed by atoms with Crippen LogP contribution in [0.25, 0.3) is 0 Å². The molecule has 0 saturated heterocycles. The standard InChI is InChI=1S/C38H40Cl3N3O5S/c1-2-49-31-20-18-30(19-21-31)44(50(47,48)32-22-16-28(39)17-23-32)26-37(45)43(25-33-34(40)14-9-15-35(33)41)36(24-27-10-5-3-6-11-27)38(46)42-29-12-7-4-8-13-29/h3,5-6,9-11,14-23,29,36H,2,4,7-8,12-13,24-26H2,1H3,(H,42,46)/t36-/m0/s1. The molecule has 4 aromatic carbocycles. The third kappa shape index (κ3) is 9.51. The van der Waals surface area contributed by atoms with Crippen molar-refractivity contribution in [3.63, 3.8) is 0 Å². The maximum Gasteiger partial charge on any atom is 0.264 e. The first-order chi connectivity index (χ1) is 24.1. The summed E-state index contributed by atoms with van der Waals surface area (Å²) in [6, 6.07) is 25.6. The van der Waals surface area contributed by atoms with Gasteiger partial charge < -0.3 is 15.0 Å². The topological polar surface area (TPSA) is 96.0 Å². The molecule has 264 valence electrons. The summed E-state index contributed by atoms with van der Waals surface area (Å²) < 4.78 is 35.2. The third-order valence-electron chi connectivity index (χ3n) is 8.73. The van der Waals surface area contributed by atoms with Crippen molar-refractivity contribution in [2.75, 3.05) is 17.5 Å². The van der Waals surface area contributed by atoms with E-state index in [-0.39, 0.29) is 35.5 Å². The Morgan fingerprint density at radius 1 is 0.840 bits per heavy atom. The average Bonchev–Trinajstić information content (AvgIpc) is 3.11. The minimum absolute atomic E-state index is 0.0268. The summed E-state index contributed by atoms with van der Waals surface area (Å²) in [6.07, 6.45) is 4.99. The largest absolute Gasteiger partial charge is 0.494 e. The number of nitrogens with one attached hydrogen (secondary N) is 1. The van der Waals surface area contributed by atoms with Crippen molar-refractivity contribution in [1.82, 2.24) is 10.2 Å². The Kier molecular flexibility index (Phi) is 13.1. The van der Waals surface area contributed by atoms with Crippen molar-refractivity contribution >= 4 is 62.3 Å². The molecule has 1 aliphatic rings. The number of carbonyl (C=O) groups is 2. The molecule has 1 saturated carbocycles. The Morgan fingerprint density at radius 3 is 2.10 bits per heavy atom. The zero-order valence-electron chi connectivity index (χ0n) is 27.7. The van der Waals surface area contributed by atoms with E-state index in [0.717, 1.165) is 42.0 Å². The second-order valence-electron chi connectivity index (χ2n) is 12.2. The Bertz CT molecular complexity index is 1830. The van der Waals surface area contributed by atoms with Crippen LogP contribution in [0.5, 0.6) is 5.75 Å². The lowest BCUT2D eigenvalue weighted by atomic mass is 9.94. The van der Waals surface area contributed by atoms with Gasteiger partial charge in [-0.2, -0.15) is 0 Å². The smallest absolute Gasteiger partial charge is 0.264 e. The molecule has 0 aromatic heterocycles. The van der Waals surface area contributed by atoms with Crippen molar-refractivity contribution in [3.8, 4) is 5.75 Å². The summed E-state index contributed by atoms with van der Waals surface area (Å²) >= 11 is 19.4. The SMILES string of the molecule is CCOc1ccc(N(CC(=O)N(Cc2c(Cl)cccc2Cl)[C@@H](Cc2ccccc2)C(=O)NC2CCCCC2)S(=O)(=O)c2ccc(Cl)cc2)cc1. The van der Waals surface area contributed by atoms with Gasteiger partial charge in [0, 0.05) is 39.6 Å². The number of hydrogen-bond donors (Lipinski definition) is 1. The summed E-state index contributed by atoms with van der Waals surface area (Å²) in [4.78, 5) is 30.4. The van der Waals surface area contributed by atoms with Crippen molar-refractivity contribution in [2.45, 2.75) is 69.0 Å². The summed E-state index contributed by atoms with van der Waals surface area (Å²) in [5, 5.41) is 4.20. The quantitative estimate of drug-likeness (QED) is 0.140. The molecule has 0 bridgehead atoms. The number of carbonyl (C=O) groups excluding carboxylic acids is 2. The van der Waals surface area contributed by atoms with Gasteiger partial charge in [0.25, 0.3) is 10.0 Å². The molecule has 12 heteroatoms. The van der Waals surface area contributed by atoms with Crippen LogP contribution in [-0.4, -0.2) is 50.4 Å². The second kappa shape index (κ2) is 17.4. The Labute approximate surface area is 309 Å². The van der Waals surface area contributed by atoms with Gasteiger partial charge in [0.2, 0.25) is 11.8 Å². The lowest BCUT2D eigenvalue weighted by Gasteiger charge is -2.35. The van der Waals surface area contributed by atoms with Gasteiger partial charge in [0.1, 0.15) is 18.3 Å². The molecule has 4 aromatic rings. The highest BCUT2D eigenvalue weighted by Crippen LogP contribution is 2.30. The molecular weight excluding hydrogens is 717 g/mol. The number of ether oxygens (including phenoxy) is 1. The molecule has 0 radical (unpaired) electrons. The van der Waals surface area contributed by atoms with Crippen molar-refractivity contribution in [1.29, 1.82) is 0 Å². The van der Waals surface area contributed by atoms with E-state index in [9.17, 15) is 18.0 Å². The summed E-state index contributed by atoms with van der Waals surface area (Å²) in [5.41, 5.74) is 1.51. The van der Waals surface area contributed by atoms with E-state index in [0.29, 0.717) is 33.0 Å². The van der Waals surface area contributed by atoms with E-state index in [1.54, 1.807) is 42.5 Å². The van der Waals surface area contributed by atoms with Gasteiger partial charge in [-0.3, -0.25) is 13.9 Å². The minimum Gasteiger partial charge on any atom is -0.494 e. The Balaban J connectivity index is 1.59. The van der Waals surface area contributed by atoms with Gasteiger partial charge in [-0.1, -0.05) is 90.5 Å². The summed E-state index contributed by atoms with van der Waals surface area (Å²) in [5.74, 6) is -0.402. The highest BCUT2D eigenvalue weighted by atomic mass is 35.5. The second-order valence-corrected chi connectivity index (χ2v) is 15.3. The van der Waals surface area contributed by atoms with Crippen molar-refractivity contribution in [3.05, 3.63) is 123 Å². The van der Waals surface area contributed by atoms with Crippen LogP contribution >= 0.6 is 34.8 Å². The predicted octanol–water partition coefficient (Wildman–Crippen LogP) is 8.33. The van der Waals surface area contributed by atoms with Gasteiger partial charge in [-0.15, -0.1) is 0 Å². The van der Waals surface area contributed by atoms with Crippen LogP contribution in [-0.2, 0) is 32.6 Å². The molecule has 0 aliphatic heterocycles. The van der Waals surface area contributed by atoms with Crippen molar-refractivity contribution in [2.24, 2.45) is 0 Å². The van der Waals surface area contributed by atoms with Crippen LogP contribution in [0.4, 0.5) is 5.69 Å². The van der Waals surface area contributed by atoms with E-state index >= 15 is 0 Å². The first kappa shape index (κ1) is 37.5. The molecule has 1 N–H and O–H groups in total. The molecule has 50 heavy (non-hydrogen) atoms. The van der Waals surface area contributed by atoms with E-state index in [1.807, 2.05) is 37.3 Å². The zero-order valence-corrected chi connectivity index (χ0v) is 30.8. The van der Waals surface area contributed by atoms with Crippen LogP contribution in [0, 0.1) is 0 Å². The molecule has 0 spiro atoms. The van der Waals surface area contributed by atoms with Crippen LogP contribution < -0.4 is 14.4 Å². The molecule has 8 nitrogen and oxygen atoms in total. The first-order valence-electron chi connectivity index (χ1n) is 16.6. The maximum atomic E-state index is 14.8. The number of nitrogens with zero attached hydrogens (tertiary/aromatic N) is 2. The fourth-order valence-corrected chi connectivity index (χ4v) is 8.15. The maximum absolute atomic E-state index is 14.8. The van der Waals surface area contributed by atoms with E-state index in [1.165, 1.54) is 29.2 Å². The van der Waals surface area contributed by atoms with Gasteiger partial charge in [-0.25, -0.2) is 8.42 Å². The van der Waals surface area contributed by atoms with Gasteiger partial charge in [-0.05, 0) is 86.0 Å². The summed E-state index contributed by atoms with van der Waals surface area (Å²) in [7, 11) is -4.31. The molecule has 1 aliphatic carbocycles.